The maximum atomic E-state index is 12.2. The third-order valence-corrected chi connectivity index (χ3v) is 3.01. The SMILES string of the molecule is COc1ccc(C(=O)NC(C)(C)CCCl)cc1OC. The summed E-state index contributed by atoms with van der Waals surface area (Å²) in [6, 6.07) is 5.07. The van der Waals surface area contributed by atoms with Gasteiger partial charge in [-0.25, -0.2) is 0 Å². The van der Waals surface area contributed by atoms with Crippen LogP contribution in [0.5, 0.6) is 11.5 Å². The van der Waals surface area contributed by atoms with Crippen molar-refractivity contribution in [2.45, 2.75) is 25.8 Å². The second-order valence-corrected chi connectivity index (χ2v) is 5.22. The molecular weight excluding hydrogens is 266 g/mol. The van der Waals surface area contributed by atoms with E-state index in [2.05, 4.69) is 5.32 Å². The Hall–Kier alpha value is -1.42. The molecule has 0 atom stereocenters. The van der Waals surface area contributed by atoms with Gasteiger partial charge in [0, 0.05) is 17.0 Å². The minimum atomic E-state index is -0.341. The van der Waals surface area contributed by atoms with Crippen molar-refractivity contribution in [3.63, 3.8) is 0 Å². The van der Waals surface area contributed by atoms with Crippen LogP contribution in [-0.2, 0) is 0 Å². The molecule has 0 heterocycles. The van der Waals surface area contributed by atoms with E-state index in [1.54, 1.807) is 25.3 Å². The average Bonchev–Trinajstić information content (AvgIpc) is 2.37. The van der Waals surface area contributed by atoms with E-state index in [4.69, 9.17) is 21.1 Å². The largest absolute Gasteiger partial charge is 0.493 e. The molecule has 0 aliphatic heterocycles. The number of rotatable bonds is 6. The lowest BCUT2D eigenvalue weighted by molar-refractivity contribution is 0.0911. The normalized spacial score (nSPS) is 11.0. The summed E-state index contributed by atoms with van der Waals surface area (Å²) >= 11 is 5.71. The van der Waals surface area contributed by atoms with Gasteiger partial charge >= 0.3 is 0 Å². The van der Waals surface area contributed by atoms with Crippen molar-refractivity contribution in [2.75, 3.05) is 20.1 Å². The van der Waals surface area contributed by atoms with Gasteiger partial charge in [-0.1, -0.05) is 0 Å². The summed E-state index contributed by atoms with van der Waals surface area (Å²) in [6.07, 6.45) is 0.702. The van der Waals surface area contributed by atoms with E-state index >= 15 is 0 Å². The van der Waals surface area contributed by atoms with Crippen LogP contribution in [0.3, 0.4) is 0 Å². The van der Waals surface area contributed by atoms with Gasteiger partial charge in [0.25, 0.3) is 5.91 Å². The van der Waals surface area contributed by atoms with Gasteiger partial charge in [0.1, 0.15) is 0 Å². The molecule has 0 saturated carbocycles. The fourth-order valence-electron chi connectivity index (χ4n) is 1.66. The van der Waals surface area contributed by atoms with Crippen molar-refractivity contribution < 1.29 is 14.3 Å². The van der Waals surface area contributed by atoms with Crippen molar-refractivity contribution in [2.24, 2.45) is 0 Å². The van der Waals surface area contributed by atoms with Gasteiger partial charge in [-0.3, -0.25) is 4.79 Å². The minimum absolute atomic E-state index is 0.156. The third kappa shape index (κ3) is 4.31. The van der Waals surface area contributed by atoms with Gasteiger partial charge < -0.3 is 14.8 Å². The Bertz CT molecular complexity index is 446. The van der Waals surface area contributed by atoms with Crippen molar-refractivity contribution in [1.29, 1.82) is 0 Å². The summed E-state index contributed by atoms with van der Waals surface area (Å²) in [5.74, 6) is 1.47. The molecule has 0 aliphatic rings. The van der Waals surface area contributed by atoms with E-state index in [-0.39, 0.29) is 11.4 Å². The molecule has 19 heavy (non-hydrogen) atoms. The monoisotopic (exact) mass is 285 g/mol. The zero-order chi connectivity index (χ0) is 14.5. The topological polar surface area (TPSA) is 47.6 Å². The quantitative estimate of drug-likeness (QED) is 0.818. The van der Waals surface area contributed by atoms with Crippen LogP contribution in [0.25, 0.3) is 0 Å². The van der Waals surface area contributed by atoms with Gasteiger partial charge in [-0.2, -0.15) is 0 Å². The zero-order valence-electron chi connectivity index (χ0n) is 11.7. The van der Waals surface area contributed by atoms with E-state index < -0.39 is 0 Å². The first kappa shape index (κ1) is 15.6. The Balaban J connectivity index is 2.88. The van der Waals surface area contributed by atoms with Gasteiger partial charge in [0.2, 0.25) is 0 Å². The number of halogens is 1. The molecule has 106 valence electrons. The van der Waals surface area contributed by atoms with Crippen LogP contribution in [0.1, 0.15) is 30.6 Å². The van der Waals surface area contributed by atoms with Crippen LogP contribution in [-0.4, -0.2) is 31.5 Å². The third-order valence-electron chi connectivity index (χ3n) is 2.82. The number of benzene rings is 1. The zero-order valence-corrected chi connectivity index (χ0v) is 12.5. The molecular formula is C14H20ClNO3. The molecule has 1 aromatic rings. The van der Waals surface area contributed by atoms with Crippen LogP contribution < -0.4 is 14.8 Å². The lowest BCUT2D eigenvalue weighted by atomic mass is 10.0. The fraction of sp³-hybridized carbons (Fsp3) is 0.500. The summed E-state index contributed by atoms with van der Waals surface area (Å²) in [5, 5.41) is 2.94. The van der Waals surface area contributed by atoms with E-state index in [1.807, 2.05) is 13.8 Å². The van der Waals surface area contributed by atoms with E-state index in [1.165, 1.54) is 7.11 Å². The Morgan fingerprint density at radius 1 is 1.26 bits per heavy atom. The highest BCUT2D eigenvalue weighted by Crippen LogP contribution is 2.27. The van der Waals surface area contributed by atoms with E-state index in [0.717, 1.165) is 0 Å². The van der Waals surface area contributed by atoms with Gasteiger partial charge in [-0.05, 0) is 38.5 Å². The van der Waals surface area contributed by atoms with Crippen LogP contribution in [0.2, 0.25) is 0 Å². The molecule has 0 unspecified atom stereocenters. The molecule has 0 fully saturated rings. The van der Waals surface area contributed by atoms with Crippen molar-refractivity contribution in [3.8, 4) is 11.5 Å². The number of carbonyl (C=O) groups is 1. The number of nitrogens with one attached hydrogen (secondary N) is 1. The molecule has 0 spiro atoms. The van der Waals surface area contributed by atoms with Crippen molar-refractivity contribution in [1.82, 2.24) is 5.32 Å². The fourth-order valence-corrected chi connectivity index (χ4v) is 2.13. The first-order valence-electron chi connectivity index (χ1n) is 6.04. The molecule has 5 heteroatoms. The van der Waals surface area contributed by atoms with Crippen molar-refractivity contribution >= 4 is 17.5 Å². The lowest BCUT2D eigenvalue weighted by Crippen LogP contribution is -2.43. The number of alkyl halides is 1. The Labute approximate surface area is 119 Å². The van der Waals surface area contributed by atoms with Crippen LogP contribution in [0.4, 0.5) is 0 Å². The standard InChI is InChI=1S/C14H20ClNO3/c1-14(2,7-8-15)16-13(17)10-5-6-11(18-3)12(9-10)19-4/h5-6,9H,7-8H2,1-4H3,(H,16,17). The second kappa shape index (κ2) is 6.66. The number of amides is 1. The maximum absolute atomic E-state index is 12.2. The smallest absolute Gasteiger partial charge is 0.251 e. The first-order valence-corrected chi connectivity index (χ1v) is 6.57. The second-order valence-electron chi connectivity index (χ2n) is 4.85. The highest BCUT2D eigenvalue weighted by molar-refractivity contribution is 6.17. The molecule has 1 rings (SSSR count). The average molecular weight is 286 g/mol. The van der Waals surface area contributed by atoms with Gasteiger partial charge in [0.05, 0.1) is 14.2 Å². The molecule has 0 bridgehead atoms. The molecule has 1 N–H and O–H groups in total. The van der Waals surface area contributed by atoms with Crippen LogP contribution in [0, 0.1) is 0 Å². The molecule has 1 aromatic carbocycles. The highest BCUT2D eigenvalue weighted by Gasteiger charge is 2.21. The molecule has 0 aromatic heterocycles. The van der Waals surface area contributed by atoms with Gasteiger partial charge in [-0.15, -0.1) is 11.6 Å². The van der Waals surface area contributed by atoms with Crippen LogP contribution in [0.15, 0.2) is 18.2 Å². The van der Waals surface area contributed by atoms with E-state index in [0.29, 0.717) is 29.4 Å². The number of ether oxygens (including phenoxy) is 2. The summed E-state index contributed by atoms with van der Waals surface area (Å²) in [7, 11) is 3.10. The Morgan fingerprint density at radius 2 is 1.89 bits per heavy atom. The first-order chi connectivity index (χ1) is 8.93. The Kier molecular flexibility index (Phi) is 5.48. The predicted molar refractivity (Wildman–Crippen MR) is 76.4 cm³/mol. The number of methoxy groups -OCH3 is 2. The number of hydrogen-bond donors (Lipinski definition) is 1. The molecule has 4 nitrogen and oxygen atoms in total. The Morgan fingerprint density at radius 3 is 2.42 bits per heavy atom. The predicted octanol–water partition coefficient (Wildman–Crippen LogP) is 2.84. The van der Waals surface area contributed by atoms with Crippen molar-refractivity contribution in [3.05, 3.63) is 23.8 Å². The van der Waals surface area contributed by atoms with Crippen LogP contribution >= 0.6 is 11.6 Å². The minimum Gasteiger partial charge on any atom is -0.493 e. The summed E-state index contributed by atoms with van der Waals surface area (Å²) in [4.78, 5) is 12.2. The summed E-state index contributed by atoms with van der Waals surface area (Å²) in [5.41, 5.74) is 0.187. The number of carbonyl (C=O) groups excluding carboxylic acids is 1. The molecule has 1 amide bonds. The van der Waals surface area contributed by atoms with E-state index in [9.17, 15) is 4.79 Å². The molecule has 0 radical (unpaired) electrons. The number of hydrogen-bond acceptors (Lipinski definition) is 3. The van der Waals surface area contributed by atoms with Gasteiger partial charge in [0.15, 0.2) is 11.5 Å². The summed E-state index contributed by atoms with van der Waals surface area (Å²) in [6.45, 7) is 3.88. The lowest BCUT2D eigenvalue weighted by Gasteiger charge is -2.25. The highest BCUT2D eigenvalue weighted by atomic mass is 35.5. The maximum Gasteiger partial charge on any atom is 0.251 e. The molecule has 0 aliphatic carbocycles. The molecule has 0 saturated heterocycles. The summed E-state index contributed by atoms with van der Waals surface area (Å²) < 4.78 is 10.3.